The summed E-state index contributed by atoms with van der Waals surface area (Å²) in [4.78, 5) is 0. The summed E-state index contributed by atoms with van der Waals surface area (Å²) in [6.45, 7) is 7.37. The standard InChI is InChI=1S/C13H27NO2/c1-4-8-14-13(11(2)7-10-15-3)12-6-5-9-16-12/h11-14H,4-10H2,1-3H3. The van der Waals surface area contributed by atoms with Gasteiger partial charge in [-0.3, -0.25) is 0 Å². The summed E-state index contributed by atoms with van der Waals surface area (Å²) in [6, 6.07) is 0.498. The Kier molecular flexibility index (Phi) is 7.01. The van der Waals surface area contributed by atoms with Crippen molar-refractivity contribution in [2.24, 2.45) is 5.92 Å². The van der Waals surface area contributed by atoms with Crippen LogP contribution in [0.5, 0.6) is 0 Å². The van der Waals surface area contributed by atoms with Gasteiger partial charge in [0.1, 0.15) is 0 Å². The highest BCUT2D eigenvalue weighted by atomic mass is 16.5. The van der Waals surface area contributed by atoms with E-state index < -0.39 is 0 Å². The van der Waals surface area contributed by atoms with Gasteiger partial charge in [0.25, 0.3) is 0 Å². The van der Waals surface area contributed by atoms with Gasteiger partial charge in [0, 0.05) is 26.4 Å². The second-order valence-corrected chi connectivity index (χ2v) is 4.79. The van der Waals surface area contributed by atoms with E-state index in [-0.39, 0.29) is 0 Å². The van der Waals surface area contributed by atoms with Gasteiger partial charge in [-0.05, 0) is 38.1 Å². The van der Waals surface area contributed by atoms with E-state index in [1.165, 1.54) is 19.3 Å². The average Bonchev–Trinajstić information content (AvgIpc) is 2.80. The summed E-state index contributed by atoms with van der Waals surface area (Å²) in [6.07, 6.45) is 5.13. The van der Waals surface area contributed by atoms with Crippen molar-refractivity contribution in [2.45, 2.75) is 51.7 Å². The third kappa shape index (κ3) is 4.40. The quantitative estimate of drug-likeness (QED) is 0.692. The first kappa shape index (κ1) is 13.9. The Balaban J connectivity index is 2.40. The fourth-order valence-corrected chi connectivity index (χ4v) is 2.38. The maximum Gasteiger partial charge on any atom is 0.0731 e. The van der Waals surface area contributed by atoms with Crippen molar-refractivity contribution in [3.63, 3.8) is 0 Å². The topological polar surface area (TPSA) is 30.5 Å². The molecule has 3 nitrogen and oxygen atoms in total. The van der Waals surface area contributed by atoms with Gasteiger partial charge < -0.3 is 14.8 Å². The molecule has 0 saturated carbocycles. The van der Waals surface area contributed by atoms with Crippen molar-refractivity contribution < 1.29 is 9.47 Å². The number of rotatable bonds is 8. The Bertz CT molecular complexity index is 169. The number of ether oxygens (including phenoxy) is 2. The van der Waals surface area contributed by atoms with E-state index in [2.05, 4.69) is 19.2 Å². The third-order valence-electron chi connectivity index (χ3n) is 3.39. The predicted molar refractivity (Wildman–Crippen MR) is 66.7 cm³/mol. The normalized spacial score (nSPS) is 24.6. The molecule has 3 atom stereocenters. The van der Waals surface area contributed by atoms with Gasteiger partial charge in [-0.25, -0.2) is 0 Å². The molecule has 1 aliphatic heterocycles. The molecule has 0 spiro atoms. The van der Waals surface area contributed by atoms with Crippen molar-refractivity contribution in [1.82, 2.24) is 5.32 Å². The molecule has 3 unspecified atom stereocenters. The van der Waals surface area contributed by atoms with Crippen LogP contribution in [0.4, 0.5) is 0 Å². The van der Waals surface area contributed by atoms with Crippen LogP contribution in [0.25, 0.3) is 0 Å². The number of methoxy groups -OCH3 is 1. The zero-order valence-electron chi connectivity index (χ0n) is 11.0. The number of nitrogens with one attached hydrogen (secondary N) is 1. The highest BCUT2D eigenvalue weighted by Gasteiger charge is 2.29. The van der Waals surface area contributed by atoms with E-state index in [1.807, 2.05) is 0 Å². The van der Waals surface area contributed by atoms with E-state index in [0.717, 1.165) is 26.2 Å². The van der Waals surface area contributed by atoms with Gasteiger partial charge in [-0.15, -0.1) is 0 Å². The molecule has 0 radical (unpaired) electrons. The molecule has 16 heavy (non-hydrogen) atoms. The second kappa shape index (κ2) is 8.04. The third-order valence-corrected chi connectivity index (χ3v) is 3.39. The Morgan fingerprint density at radius 1 is 1.50 bits per heavy atom. The molecule has 0 amide bonds. The molecule has 1 heterocycles. The number of hydrogen-bond acceptors (Lipinski definition) is 3. The van der Waals surface area contributed by atoms with Gasteiger partial charge >= 0.3 is 0 Å². The first-order valence-electron chi connectivity index (χ1n) is 6.63. The fourth-order valence-electron chi connectivity index (χ4n) is 2.38. The van der Waals surface area contributed by atoms with Crippen LogP contribution >= 0.6 is 0 Å². The minimum atomic E-state index is 0.415. The summed E-state index contributed by atoms with van der Waals surface area (Å²) in [5.74, 6) is 0.620. The lowest BCUT2D eigenvalue weighted by atomic mass is 9.92. The highest BCUT2D eigenvalue weighted by Crippen LogP contribution is 2.22. The van der Waals surface area contributed by atoms with Crippen molar-refractivity contribution >= 4 is 0 Å². The van der Waals surface area contributed by atoms with Crippen LogP contribution < -0.4 is 5.32 Å². The van der Waals surface area contributed by atoms with Gasteiger partial charge in [0.15, 0.2) is 0 Å². The van der Waals surface area contributed by atoms with Crippen LogP contribution in [0.1, 0.15) is 39.5 Å². The lowest BCUT2D eigenvalue weighted by Crippen LogP contribution is -2.45. The Morgan fingerprint density at radius 2 is 2.31 bits per heavy atom. The van der Waals surface area contributed by atoms with Crippen LogP contribution in [-0.2, 0) is 9.47 Å². The fraction of sp³-hybridized carbons (Fsp3) is 1.00. The molecule has 3 heteroatoms. The van der Waals surface area contributed by atoms with Gasteiger partial charge in [0.05, 0.1) is 6.10 Å². The minimum Gasteiger partial charge on any atom is -0.385 e. The van der Waals surface area contributed by atoms with E-state index in [9.17, 15) is 0 Å². The van der Waals surface area contributed by atoms with Gasteiger partial charge in [-0.2, -0.15) is 0 Å². The smallest absolute Gasteiger partial charge is 0.0731 e. The molecule has 96 valence electrons. The number of hydrogen-bond donors (Lipinski definition) is 1. The van der Waals surface area contributed by atoms with Crippen LogP contribution in [0.15, 0.2) is 0 Å². The van der Waals surface area contributed by atoms with Gasteiger partial charge in [0.2, 0.25) is 0 Å². The van der Waals surface area contributed by atoms with E-state index in [1.54, 1.807) is 7.11 Å². The summed E-state index contributed by atoms with van der Waals surface area (Å²) >= 11 is 0. The lowest BCUT2D eigenvalue weighted by molar-refractivity contribution is 0.0531. The molecule has 1 saturated heterocycles. The SMILES string of the molecule is CCCNC(C(C)CCOC)C1CCCO1. The molecule has 0 aromatic heterocycles. The zero-order chi connectivity index (χ0) is 11.8. The Morgan fingerprint density at radius 3 is 2.88 bits per heavy atom. The van der Waals surface area contributed by atoms with Crippen LogP contribution in [0.2, 0.25) is 0 Å². The van der Waals surface area contributed by atoms with Crippen molar-refractivity contribution in [3.8, 4) is 0 Å². The zero-order valence-corrected chi connectivity index (χ0v) is 11.0. The average molecular weight is 229 g/mol. The molecular weight excluding hydrogens is 202 g/mol. The molecule has 0 bridgehead atoms. The minimum absolute atomic E-state index is 0.415. The van der Waals surface area contributed by atoms with Crippen LogP contribution in [0.3, 0.4) is 0 Å². The van der Waals surface area contributed by atoms with Crippen LogP contribution in [0, 0.1) is 5.92 Å². The lowest BCUT2D eigenvalue weighted by Gasteiger charge is -2.29. The van der Waals surface area contributed by atoms with E-state index in [4.69, 9.17) is 9.47 Å². The first-order chi connectivity index (χ1) is 7.79. The van der Waals surface area contributed by atoms with Gasteiger partial charge in [-0.1, -0.05) is 13.8 Å². The van der Waals surface area contributed by atoms with Crippen molar-refractivity contribution in [3.05, 3.63) is 0 Å². The summed E-state index contributed by atoms with van der Waals surface area (Å²) < 4.78 is 11.0. The molecule has 1 fully saturated rings. The molecule has 1 aliphatic rings. The Hall–Kier alpha value is -0.120. The Labute approximate surface area is 99.9 Å². The van der Waals surface area contributed by atoms with E-state index >= 15 is 0 Å². The molecule has 0 aromatic carbocycles. The summed E-state index contributed by atoms with van der Waals surface area (Å²) in [7, 11) is 1.77. The van der Waals surface area contributed by atoms with Crippen molar-refractivity contribution in [1.29, 1.82) is 0 Å². The van der Waals surface area contributed by atoms with E-state index in [0.29, 0.717) is 18.1 Å². The largest absolute Gasteiger partial charge is 0.385 e. The highest BCUT2D eigenvalue weighted by molar-refractivity contribution is 4.84. The maximum atomic E-state index is 5.81. The van der Waals surface area contributed by atoms with Crippen molar-refractivity contribution in [2.75, 3.05) is 26.9 Å². The summed E-state index contributed by atoms with van der Waals surface area (Å²) in [5.41, 5.74) is 0. The van der Waals surface area contributed by atoms with Crippen LogP contribution in [-0.4, -0.2) is 39.0 Å². The molecule has 1 rings (SSSR count). The first-order valence-corrected chi connectivity index (χ1v) is 6.63. The molecule has 0 aliphatic carbocycles. The monoisotopic (exact) mass is 229 g/mol. The second-order valence-electron chi connectivity index (χ2n) is 4.79. The summed E-state index contributed by atoms with van der Waals surface area (Å²) in [5, 5.41) is 3.64. The molecular formula is C13H27NO2. The molecule has 0 aromatic rings. The molecule has 1 N–H and O–H groups in total. The predicted octanol–water partition coefficient (Wildman–Crippen LogP) is 2.21. The maximum absolute atomic E-state index is 5.81.